The van der Waals surface area contributed by atoms with E-state index in [1.54, 1.807) is 6.07 Å². The van der Waals surface area contributed by atoms with Crippen LogP contribution in [0.4, 0.5) is 5.69 Å². The van der Waals surface area contributed by atoms with E-state index in [2.05, 4.69) is 5.32 Å². The fourth-order valence-corrected chi connectivity index (χ4v) is 5.09. The topological polar surface area (TPSA) is 49.3 Å². The van der Waals surface area contributed by atoms with Crippen molar-refractivity contribution in [1.82, 2.24) is 0 Å². The molecule has 118 valence electrons. The van der Waals surface area contributed by atoms with E-state index in [1.165, 1.54) is 62.6 Å². The van der Waals surface area contributed by atoms with Crippen molar-refractivity contribution >= 4 is 11.7 Å². The number of carboxylic acid groups (broad SMARTS) is 1. The van der Waals surface area contributed by atoms with E-state index in [0.29, 0.717) is 17.5 Å². The van der Waals surface area contributed by atoms with Crippen LogP contribution in [-0.4, -0.2) is 17.1 Å². The van der Waals surface area contributed by atoms with E-state index in [9.17, 15) is 9.90 Å². The highest BCUT2D eigenvalue weighted by atomic mass is 16.4. The first-order chi connectivity index (χ1) is 10.7. The van der Waals surface area contributed by atoms with Gasteiger partial charge in [-0.2, -0.15) is 0 Å². The second-order valence-corrected chi connectivity index (χ2v) is 7.44. The average molecular weight is 299 g/mol. The molecule has 2 N–H and O–H groups in total. The molecule has 3 aliphatic rings. The fraction of sp³-hybridized carbons (Fsp3) is 0.632. The molecule has 1 aromatic carbocycles. The number of carbonyl (C=O) groups is 1. The molecule has 0 amide bonds. The molecule has 22 heavy (non-hydrogen) atoms. The minimum absolute atomic E-state index is 0.431. The molecule has 0 radical (unpaired) electrons. The lowest BCUT2D eigenvalue weighted by Crippen LogP contribution is -2.32. The number of benzene rings is 1. The summed E-state index contributed by atoms with van der Waals surface area (Å²) in [7, 11) is 0. The predicted molar refractivity (Wildman–Crippen MR) is 87.5 cm³/mol. The van der Waals surface area contributed by atoms with E-state index >= 15 is 0 Å². The number of aromatic carboxylic acids is 1. The molecule has 0 spiro atoms. The maximum absolute atomic E-state index is 11.3. The molecule has 1 aromatic rings. The molecule has 2 fully saturated rings. The van der Waals surface area contributed by atoms with Crippen LogP contribution in [-0.2, 0) is 0 Å². The first-order valence-corrected chi connectivity index (χ1v) is 8.86. The summed E-state index contributed by atoms with van der Waals surface area (Å²) in [4.78, 5) is 11.3. The Morgan fingerprint density at radius 1 is 1.05 bits per heavy atom. The second-order valence-electron chi connectivity index (χ2n) is 7.44. The van der Waals surface area contributed by atoms with E-state index in [4.69, 9.17) is 0 Å². The fourth-order valence-electron chi connectivity index (χ4n) is 5.09. The van der Waals surface area contributed by atoms with Gasteiger partial charge in [-0.15, -0.1) is 0 Å². The summed E-state index contributed by atoms with van der Waals surface area (Å²) in [6, 6.07) is 6.13. The molecular formula is C19H25NO2. The number of anilines is 1. The van der Waals surface area contributed by atoms with Crippen molar-refractivity contribution in [3.05, 3.63) is 29.3 Å². The molecule has 0 bridgehead atoms. The smallest absolute Gasteiger partial charge is 0.335 e. The number of nitrogens with one attached hydrogen (secondary N) is 1. The Labute approximate surface area is 132 Å². The van der Waals surface area contributed by atoms with Gasteiger partial charge in [-0.25, -0.2) is 4.79 Å². The van der Waals surface area contributed by atoms with E-state index in [-0.39, 0.29) is 0 Å². The zero-order valence-electron chi connectivity index (χ0n) is 13.1. The Hall–Kier alpha value is -1.51. The van der Waals surface area contributed by atoms with Gasteiger partial charge in [0, 0.05) is 17.6 Å². The summed E-state index contributed by atoms with van der Waals surface area (Å²) in [5.74, 6) is 1.48. The summed E-state index contributed by atoms with van der Waals surface area (Å²) in [6.07, 6.45) is 10.9. The summed E-state index contributed by atoms with van der Waals surface area (Å²) in [5.41, 5.74) is 2.86. The van der Waals surface area contributed by atoms with Crippen LogP contribution < -0.4 is 5.32 Å². The van der Waals surface area contributed by atoms with Crippen LogP contribution in [0.5, 0.6) is 0 Å². The van der Waals surface area contributed by atoms with Gasteiger partial charge in [0.1, 0.15) is 0 Å². The van der Waals surface area contributed by atoms with Crippen LogP contribution in [0.1, 0.15) is 73.2 Å². The van der Waals surface area contributed by atoms with Crippen molar-refractivity contribution in [1.29, 1.82) is 0 Å². The third-order valence-corrected chi connectivity index (χ3v) is 6.25. The van der Waals surface area contributed by atoms with Crippen molar-refractivity contribution < 1.29 is 9.90 Å². The largest absolute Gasteiger partial charge is 0.478 e. The van der Waals surface area contributed by atoms with Crippen molar-refractivity contribution in [2.45, 2.75) is 63.3 Å². The Bertz CT molecular complexity index is 577. The van der Waals surface area contributed by atoms with Gasteiger partial charge in [-0.05, 0) is 54.9 Å². The van der Waals surface area contributed by atoms with Crippen LogP contribution in [0.2, 0.25) is 0 Å². The van der Waals surface area contributed by atoms with Gasteiger partial charge >= 0.3 is 5.97 Å². The molecule has 1 heterocycles. The zero-order chi connectivity index (χ0) is 15.1. The number of rotatable bonds is 2. The first kappa shape index (κ1) is 14.1. The number of carboxylic acids is 1. The molecule has 0 saturated heterocycles. The van der Waals surface area contributed by atoms with Crippen molar-refractivity contribution in [2.75, 3.05) is 5.32 Å². The first-order valence-electron chi connectivity index (χ1n) is 8.86. The highest BCUT2D eigenvalue weighted by molar-refractivity contribution is 5.89. The quantitative estimate of drug-likeness (QED) is 0.836. The molecule has 1 aliphatic heterocycles. The Morgan fingerprint density at radius 2 is 1.86 bits per heavy atom. The second kappa shape index (κ2) is 5.60. The molecule has 3 atom stereocenters. The van der Waals surface area contributed by atoms with E-state index in [0.717, 1.165) is 11.8 Å². The molecule has 4 rings (SSSR count). The van der Waals surface area contributed by atoms with Gasteiger partial charge < -0.3 is 10.4 Å². The molecule has 3 nitrogen and oxygen atoms in total. The van der Waals surface area contributed by atoms with E-state index in [1.807, 2.05) is 12.1 Å². The molecule has 3 heteroatoms. The molecule has 2 aliphatic carbocycles. The number of hydrogen-bond donors (Lipinski definition) is 2. The lowest BCUT2D eigenvalue weighted by Gasteiger charge is -2.38. The van der Waals surface area contributed by atoms with Gasteiger partial charge in [-0.3, -0.25) is 0 Å². The summed E-state index contributed by atoms with van der Waals surface area (Å²) >= 11 is 0. The predicted octanol–water partition coefficient (Wildman–Crippen LogP) is 4.64. The molecule has 3 unspecified atom stereocenters. The monoisotopic (exact) mass is 299 g/mol. The zero-order valence-corrected chi connectivity index (χ0v) is 13.1. The Morgan fingerprint density at radius 3 is 2.64 bits per heavy atom. The Balaban J connectivity index is 1.56. The minimum atomic E-state index is -0.814. The maximum Gasteiger partial charge on any atom is 0.335 e. The average Bonchev–Trinajstić information content (AvgIpc) is 2.92. The summed E-state index contributed by atoms with van der Waals surface area (Å²) in [5, 5.41) is 12.9. The number of fused-ring (bicyclic) bond motifs is 3. The Kier molecular flexibility index (Phi) is 3.59. The summed E-state index contributed by atoms with van der Waals surface area (Å²) < 4.78 is 0. The van der Waals surface area contributed by atoms with Crippen LogP contribution in [0.15, 0.2) is 18.2 Å². The van der Waals surface area contributed by atoms with Crippen molar-refractivity contribution in [2.24, 2.45) is 11.8 Å². The highest BCUT2D eigenvalue weighted by Crippen LogP contribution is 2.49. The van der Waals surface area contributed by atoms with Gasteiger partial charge in [0.25, 0.3) is 0 Å². The van der Waals surface area contributed by atoms with Gasteiger partial charge in [0.2, 0.25) is 0 Å². The highest BCUT2D eigenvalue weighted by Gasteiger charge is 2.40. The van der Waals surface area contributed by atoms with Crippen LogP contribution in [0.3, 0.4) is 0 Å². The third kappa shape index (κ3) is 2.41. The van der Waals surface area contributed by atoms with Gasteiger partial charge in [0.15, 0.2) is 0 Å². The van der Waals surface area contributed by atoms with Crippen LogP contribution in [0.25, 0.3) is 0 Å². The molecule has 0 aromatic heterocycles. The summed E-state index contributed by atoms with van der Waals surface area (Å²) in [6.45, 7) is 0. The van der Waals surface area contributed by atoms with Crippen LogP contribution >= 0.6 is 0 Å². The van der Waals surface area contributed by atoms with Gasteiger partial charge in [-0.1, -0.05) is 32.1 Å². The normalized spacial score (nSPS) is 31.2. The maximum atomic E-state index is 11.3. The third-order valence-electron chi connectivity index (χ3n) is 6.25. The SMILES string of the molecule is O=C(O)c1ccc2c(c1)C1CC(C3CCCCC3)CCC1N2. The van der Waals surface area contributed by atoms with E-state index < -0.39 is 5.97 Å². The molecular weight excluding hydrogens is 274 g/mol. The van der Waals surface area contributed by atoms with Crippen molar-refractivity contribution in [3.63, 3.8) is 0 Å². The standard InChI is InChI=1S/C19H25NO2/c21-19(22)14-7-9-18-16(11-14)15-10-13(6-8-17(15)20-18)12-4-2-1-3-5-12/h7,9,11-13,15,17,20H,1-6,8,10H2,(H,21,22). The van der Waals surface area contributed by atoms with Crippen LogP contribution in [0, 0.1) is 11.8 Å². The number of hydrogen-bond acceptors (Lipinski definition) is 2. The lowest BCUT2D eigenvalue weighted by molar-refractivity contribution is 0.0696. The van der Waals surface area contributed by atoms with Crippen molar-refractivity contribution in [3.8, 4) is 0 Å². The van der Waals surface area contributed by atoms with Gasteiger partial charge in [0.05, 0.1) is 5.56 Å². The molecule has 2 saturated carbocycles. The minimum Gasteiger partial charge on any atom is -0.478 e. The lowest BCUT2D eigenvalue weighted by atomic mass is 9.68.